The molecule has 0 aliphatic rings. The number of anilines is 1. The molecule has 0 aliphatic carbocycles. The standard InChI is InChI=1S/C16H14FN3O2S2/c1-10-4-5-11(7-12(10)17)18-14(21)8-23-9-15-19-16(20-22-15)13-3-2-6-24-13/h2-7H,8-9H2,1H3,(H,18,21). The summed E-state index contributed by atoms with van der Waals surface area (Å²) in [4.78, 5) is 17.1. The zero-order chi connectivity index (χ0) is 16.9. The highest BCUT2D eigenvalue weighted by atomic mass is 32.2. The Morgan fingerprint density at radius 1 is 1.42 bits per heavy atom. The van der Waals surface area contributed by atoms with Crippen LogP contribution >= 0.6 is 23.1 Å². The van der Waals surface area contributed by atoms with Crippen molar-refractivity contribution in [2.24, 2.45) is 0 Å². The van der Waals surface area contributed by atoms with E-state index in [9.17, 15) is 9.18 Å². The quantitative estimate of drug-likeness (QED) is 0.713. The van der Waals surface area contributed by atoms with E-state index in [-0.39, 0.29) is 17.5 Å². The van der Waals surface area contributed by atoms with Gasteiger partial charge in [-0.1, -0.05) is 17.3 Å². The van der Waals surface area contributed by atoms with Gasteiger partial charge in [0.1, 0.15) is 5.82 Å². The predicted octanol–water partition coefficient (Wildman–Crippen LogP) is 4.12. The maximum absolute atomic E-state index is 13.4. The lowest BCUT2D eigenvalue weighted by atomic mass is 10.2. The molecule has 0 aliphatic heterocycles. The molecule has 2 aromatic heterocycles. The number of aryl methyl sites for hydroxylation is 1. The fraction of sp³-hybridized carbons (Fsp3) is 0.188. The monoisotopic (exact) mass is 363 g/mol. The Labute approximate surface area is 146 Å². The van der Waals surface area contributed by atoms with Crippen molar-refractivity contribution in [2.75, 3.05) is 11.1 Å². The summed E-state index contributed by atoms with van der Waals surface area (Å²) in [6, 6.07) is 8.45. The van der Waals surface area contributed by atoms with E-state index >= 15 is 0 Å². The van der Waals surface area contributed by atoms with E-state index in [4.69, 9.17) is 4.52 Å². The summed E-state index contributed by atoms with van der Waals surface area (Å²) in [7, 11) is 0. The molecule has 0 spiro atoms. The maximum atomic E-state index is 13.4. The summed E-state index contributed by atoms with van der Waals surface area (Å²) in [6.45, 7) is 1.67. The molecule has 1 aromatic carbocycles. The molecule has 8 heteroatoms. The van der Waals surface area contributed by atoms with Crippen LogP contribution in [0.4, 0.5) is 10.1 Å². The van der Waals surface area contributed by atoms with Crippen molar-refractivity contribution < 1.29 is 13.7 Å². The van der Waals surface area contributed by atoms with E-state index in [0.29, 0.717) is 28.7 Å². The summed E-state index contributed by atoms with van der Waals surface area (Å²) < 4.78 is 18.6. The van der Waals surface area contributed by atoms with Crippen LogP contribution in [-0.4, -0.2) is 21.8 Å². The Morgan fingerprint density at radius 2 is 2.29 bits per heavy atom. The normalized spacial score (nSPS) is 10.8. The molecular weight excluding hydrogens is 349 g/mol. The molecule has 24 heavy (non-hydrogen) atoms. The lowest BCUT2D eigenvalue weighted by molar-refractivity contribution is -0.113. The lowest BCUT2D eigenvalue weighted by Crippen LogP contribution is -2.14. The second-order valence-corrected chi connectivity index (χ2v) is 6.93. The fourth-order valence-corrected chi connectivity index (χ4v) is 3.22. The van der Waals surface area contributed by atoms with Crippen molar-refractivity contribution in [1.29, 1.82) is 0 Å². The van der Waals surface area contributed by atoms with Gasteiger partial charge >= 0.3 is 0 Å². The number of nitrogens with zero attached hydrogens (tertiary/aromatic N) is 2. The molecule has 0 saturated carbocycles. The third kappa shape index (κ3) is 4.21. The number of nitrogens with one attached hydrogen (secondary N) is 1. The van der Waals surface area contributed by atoms with Crippen LogP contribution in [0, 0.1) is 12.7 Å². The summed E-state index contributed by atoms with van der Waals surface area (Å²) in [5, 5.41) is 8.51. The molecule has 0 bridgehead atoms. The maximum Gasteiger partial charge on any atom is 0.236 e. The number of carbonyl (C=O) groups is 1. The second-order valence-electron chi connectivity index (χ2n) is 4.99. The molecule has 0 radical (unpaired) electrons. The Kier molecular flexibility index (Phi) is 5.27. The molecule has 124 valence electrons. The highest BCUT2D eigenvalue weighted by Gasteiger charge is 2.11. The highest BCUT2D eigenvalue weighted by Crippen LogP contribution is 2.22. The number of thiophene rings is 1. The number of hydrogen-bond donors (Lipinski definition) is 1. The van der Waals surface area contributed by atoms with Crippen LogP contribution < -0.4 is 5.32 Å². The molecule has 0 unspecified atom stereocenters. The van der Waals surface area contributed by atoms with Gasteiger partial charge in [0, 0.05) is 5.69 Å². The number of aromatic nitrogens is 2. The molecule has 0 atom stereocenters. The van der Waals surface area contributed by atoms with Gasteiger partial charge in [-0.2, -0.15) is 4.98 Å². The zero-order valence-corrected chi connectivity index (χ0v) is 14.4. The molecule has 2 heterocycles. The van der Waals surface area contributed by atoms with Gasteiger partial charge in [0.25, 0.3) is 0 Å². The summed E-state index contributed by atoms with van der Waals surface area (Å²) in [5.41, 5.74) is 0.988. The predicted molar refractivity (Wildman–Crippen MR) is 93.5 cm³/mol. The van der Waals surface area contributed by atoms with Gasteiger partial charge in [-0.25, -0.2) is 4.39 Å². The third-order valence-electron chi connectivity index (χ3n) is 3.12. The van der Waals surface area contributed by atoms with E-state index in [1.165, 1.54) is 29.2 Å². The minimum Gasteiger partial charge on any atom is -0.338 e. The smallest absolute Gasteiger partial charge is 0.236 e. The van der Waals surface area contributed by atoms with Crippen LogP contribution in [0.2, 0.25) is 0 Å². The van der Waals surface area contributed by atoms with Crippen molar-refractivity contribution >= 4 is 34.7 Å². The first-order valence-electron chi connectivity index (χ1n) is 7.12. The number of hydrogen-bond acceptors (Lipinski definition) is 6. The van der Waals surface area contributed by atoms with Crippen LogP contribution in [0.15, 0.2) is 40.2 Å². The van der Waals surface area contributed by atoms with Crippen molar-refractivity contribution in [3.63, 3.8) is 0 Å². The van der Waals surface area contributed by atoms with Gasteiger partial charge in [0.05, 0.1) is 16.4 Å². The van der Waals surface area contributed by atoms with Gasteiger partial charge in [0.15, 0.2) is 0 Å². The Hall–Kier alpha value is -2.19. The minimum atomic E-state index is -0.340. The molecular formula is C16H14FN3O2S2. The molecule has 1 N–H and O–H groups in total. The van der Waals surface area contributed by atoms with Crippen LogP contribution in [0.3, 0.4) is 0 Å². The Bertz CT molecular complexity index is 834. The van der Waals surface area contributed by atoms with Crippen molar-refractivity contribution in [3.8, 4) is 10.7 Å². The van der Waals surface area contributed by atoms with E-state index < -0.39 is 0 Å². The summed E-state index contributed by atoms with van der Waals surface area (Å²) >= 11 is 2.89. The van der Waals surface area contributed by atoms with Gasteiger partial charge < -0.3 is 9.84 Å². The Morgan fingerprint density at radius 3 is 3.04 bits per heavy atom. The number of halogens is 1. The first-order chi connectivity index (χ1) is 11.6. The molecule has 0 fully saturated rings. The Balaban J connectivity index is 1.47. The van der Waals surface area contributed by atoms with Crippen LogP contribution in [0.1, 0.15) is 11.5 Å². The first-order valence-corrected chi connectivity index (χ1v) is 9.15. The summed E-state index contributed by atoms with van der Waals surface area (Å²) in [6.07, 6.45) is 0. The average molecular weight is 363 g/mol. The average Bonchev–Trinajstić information content (AvgIpc) is 3.22. The van der Waals surface area contributed by atoms with Gasteiger partial charge in [0.2, 0.25) is 17.6 Å². The van der Waals surface area contributed by atoms with E-state index in [2.05, 4.69) is 15.5 Å². The van der Waals surface area contributed by atoms with Crippen LogP contribution in [0.5, 0.6) is 0 Å². The molecule has 3 rings (SSSR count). The third-order valence-corrected chi connectivity index (χ3v) is 4.91. The van der Waals surface area contributed by atoms with E-state index in [1.54, 1.807) is 19.1 Å². The summed E-state index contributed by atoms with van der Waals surface area (Å²) in [5.74, 6) is 1.13. The number of carbonyl (C=O) groups excluding carboxylic acids is 1. The fourth-order valence-electron chi connectivity index (χ4n) is 1.92. The second kappa shape index (κ2) is 7.59. The molecule has 1 amide bonds. The SMILES string of the molecule is Cc1ccc(NC(=O)CSCc2nc(-c3cccs3)no2)cc1F. The topological polar surface area (TPSA) is 68.0 Å². The van der Waals surface area contributed by atoms with E-state index in [0.717, 1.165) is 4.88 Å². The van der Waals surface area contributed by atoms with Crippen LogP contribution in [-0.2, 0) is 10.5 Å². The molecule has 0 saturated heterocycles. The number of rotatable bonds is 6. The first kappa shape index (κ1) is 16.7. The van der Waals surface area contributed by atoms with Crippen LogP contribution in [0.25, 0.3) is 10.7 Å². The van der Waals surface area contributed by atoms with Gasteiger partial charge in [-0.3, -0.25) is 4.79 Å². The van der Waals surface area contributed by atoms with Crippen molar-refractivity contribution in [1.82, 2.24) is 10.1 Å². The molecule has 3 aromatic rings. The zero-order valence-electron chi connectivity index (χ0n) is 12.8. The van der Waals surface area contributed by atoms with Gasteiger partial charge in [-0.15, -0.1) is 23.1 Å². The largest absolute Gasteiger partial charge is 0.338 e. The molecule has 5 nitrogen and oxygen atoms in total. The number of amides is 1. The minimum absolute atomic E-state index is 0.207. The van der Waals surface area contributed by atoms with Gasteiger partial charge in [-0.05, 0) is 36.1 Å². The van der Waals surface area contributed by atoms with Crippen molar-refractivity contribution in [3.05, 3.63) is 53.0 Å². The van der Waals surface area contributed by atoms with Crippen molar-refractivity contribution in [2.45, 2.75) is 12.7 Å². The highest BCUT2D eigenvalue weighted by molar-refractivity contribution is 7.99. The van der Waals surface area contributed by atoms with E-state index in [1.807, 2.05) is 17.5 Å². The number of benzene rings is 1. The number of thioether (sulfide) groups is 1. The lowest BCUT2D eigenvalue weighted by Gasteiger charge is -2.05.